The number of anilines is 1. The molecular formula is C20H15BrF2N4. The van der Waals surface area contributed by atoms with Gasteiger partial charge < -0.3 is 4.90 Å². The molecule has 1 atom stereocenters. The average Bonchev–Trinajstić information content (AvgIpc) is 3.28. The summed E-state index contributed by atoms with van der Waals surface area (Å²) in [5.41, 5.74) is 1.99. The average molecular weight is 429 g/mol. The highest BCUT2D eigenvalue weighted by Gasteiger charge is 2.30. The molecule has 0 saturated carbocycles. The first-order chi connectivity index (χ1) is 13.1. The van der Waals surface area contributed by atoms with Crippen LogP contribution in [0.4, 0.5) is 14.6 Å². The molecule has 2 aromatic heterocycles. The van der Waals surface area contributed by atoms with Crippen LogP contribution in [0, 0.1) is 11.6 Å². The molecule has 0 N–H and O–H groups in total. The second-order valence-corrected chi connectivity index (χ2v) is 7.65. The lowest BCUT2D eigenvalue weighted by Gasteiger charge is -2.26. The predicted octanol–water partition coefficient (Wildman–Crippen LogP) is 5.26. The normalized spacial score (nSPS) is 17.3. The van der Waals surface area contributed by atoms with Gasteiger partial charge >= 0.3 is 0 Å². The van der Waals surface area contributed by atoms with Crippen LogP contribution in [0.1, 0.15) is 24.4 Å². The predicted molar refractivity (Wildman–Crippen MR) is 104 cm³/mol. The molecule has 136 valence electrons. The van der Waals surface area contributed by atoms with E-state index in [-0.39, 0.29) is 11.9 Å². The minimum atomic E-state index is -0.423. The van der Waals surface area contributed by atoms with Gasteiger partial charge in [-0.3, -0.25) is 0 Å². The molecule has 1 aliphatic rings. The summed E-state index contributed by atoms with van der Waals surface area (Å²) in [4.78, 5) is 6.85. The number of hydrogen-bond donors (Lipinski definition) is 0. The van der Waals surface area contributed by atoms with Gasteiger partial charge in [-0.15, -0.1) is 0 Å². The summed E-state index contributed by atoms with van der Waals surface area (Å²) in [7, 11) is 0. The highest BCUT2D eigenvalue weighted by Crippen LogP contribution is 2.37. The van der Waals surface area contributed by atoms with Crippen molar-refractivity contribution >= 4 is 38.3 Å². The van der Waals surface area contributed by atoms with Crippen LogP contribution in [-0.2, 0) is 0 Å². The Hall–Kier alpha value is -2.54. The Morgan fingerprint density at radius 2 is 1.96 bits per heavy atom. The van der Waals surface area contributed by atoms with Crippen molar-refractivity contribution < 1.29 is 8.78 Å². The minimum Gasteiger partial charge on any atom is -0.349 e. The summed E-state index contributed by atoms with van der Waals surface area (Å²) in [6, 6.07) is 11.2. The number of hydrogen-bond acceptors (Lipinski definition) is 3. The number of benzene rings is 2. The second kappa shape index (κ2) is 6.27. The molecule has 0 bridgehead atoms. The maximum absolute atomic E-state index is 14.3. The Morgan fingerprint density at radius 3 is 2.85 bits per heavy atom. The van der Waals surface area contributed by atoms with Crippen molar-refractivity contribution in [3.8, 4) is 0 Å². The third-order valence-corrected chi connectivity index (χ3v) is 5.57. The number of fused-ring (bicyclic) bond motifs is 3. The molecule has 1 saturated heterocycles. The lowest BCUT2D eigenvalue weighted by Crippen LogP contribution is -2.24. The fourth-order valence-corrected chi connectivity index (χ4v) is 4.22. The van der Waals surface area contributed by atoms with Crippen LogP contribution in [0.5, 0.6) is 0 Å². The van der Waals surface area contributed by atoms with Gasteiger partial charge in [0.05, 0.1) is 11.6 Å². The van der Waals surface area contributed by atoms with Gasteiger partial charge in [-0.05, 0) is 55.3 Å². The number of rotatable bonds is 2. The first-order valence-corrected chi connectivity index (χ1v) is 9.56. The zero-order valence-electron chi connectivity index (χ0n) is 14.2. The Labute approximate surface area is 162 Å². The van der Waals surface area contributed by atoms with E-state index in [1.54, 1.807) is 4.52 Å². The molecule has 5 rings (SSSR count). The van der Waals surface area contributed by atoms with E-state index in [4.69, 9.17) is 4.98 Å². The van der Waals surface area contributed by atoms with Crippen LogP contribution in [0.2, 0.25) is 0 Å². The standard InChI is InChI=1S/C20H15BrF2N4/c21-12-3-6-17-15(10-12)20-24-19(7-9-27(20)25-17)26-8-1-2-18(26)14-11-13(22)4-5-16(14)23/h3-7,9-11,18H,1-2,8H2. The number of halogens is 3. The molecule has 0 aliphatic carbocycles. The van der Waals surface area contributed by atoms with Gasteiger partial charge in [-0.25, -0.2) is 18.3 Å². The second-order valence-electron chi connectivity index (χ2n) is 6.73. The van der Waals surface area contributed by atoms with E-state index < -0.39 is 5.82 Å². The Morgan fingerprint density at radius 1 is 1.07 bits per heavy atom. The summed E-state index contributed by atoms with van der Waals surface area (Å²) in [6.07, 6.45) is 3.53. The molecule has 1 fully saturated rings. The lowest BCUT2D eigenvalue weighted by atomic mass is 10.0. The largest absolute Gasteiger partial charge is 0.349 e. The number of nitrogens with zero attached hydrogens (tertiary/aromatic N) is 4. The molecule has 0 spiro atoms. The minimum absolute atomic E-state index is 0.225. The quantitative estimate of drug-likeness (QED) is 0.436. The molecule has 27 heavy (non-hydrogen) atoms. The van der Waals surface area contributed by atoms with Gasteiger partial charge in [-0.1, -0.05) is 15.9 Å². The highest BCUT2D eigenvalue weighted by atomic mass is 79.9. The monoisotopic (exact) mass is 428 g/mol. The van der Waals surface area contributed by atoms with Crippen LogP contribution >= 0.6 is 15.9 Å². The zero-order chi connectivity index (χ0) is 18.5. The highest BCUT2D eigenvalue weighted by molar-refractivity contribution is 9.10. The lowest BCUT2D eigenvalue weighted by molar-refractivity contribution is 0.560. The van der Waals surface area contributed by atoms with E-state index in [9.17, 15) is 8.78 Å². The van der Waals surface area contributed by atoms with Crippen molar-refractivity contribution in [2.24, 2.45) is 0 Å². The Kier molecular flexibility index (Phi) is 3.86. The topological polar surface area (TPSA) is 33.4 Å². The van der Waals surface area contributed by atoms with E-state index in [1.165, 1.54) is 12.1 Å². The SMILES string of the molecule is Fc1ccc(F)c(C2CCCN2c2ccn3nc4ccc(Br)cc4c3n2)c1. The van der Waals surface area contributed by atoms with Gasteiger partial charge in [0.25, 0.3) is 0 Å². The first kappa shape index (κ1) is 16.6. The van der Waals surface area contributed by atoms with Crippen LogP contribution < -0.4 is 4.90 Å². The molecule has 0 radical (unpaired) electrons. The van der Waals surface area contributed by atoms with Crippen LogP contribution in [0.15, 0.2) is 53.1 Å². The van der Waals surface area contributed by atoms with Crippen molar-refractivity contribution in [3.05, 3.63) is 70.3 Å². The summed E-state index contributed by atoms with van der Waals surface area (Å²) in [5, 5.41) is 5.48. The molecule has 1 unspecified atom stereocenters. The summed E-state index contributed by atoms with van der Waals surface area (Å²) < 4.78 is 30.7. The van der Waals surface area contributed by atoms with E-state index >= 15 is 0 Å². The number of aromatic nitrogens is 3. The molecule has 4 aromatic rings. The third-order valence-electron chi connectivity index (χ3n) is 5.08. The molecule has 3 heterocycles. The van der Waals surface area contributed by atoms with Gasteiger partial charge in [0, 0.05) is 28.2 Å². The van der Waals surface area contributed by atoms with Crippen LogP contribution in [0.3, 0.4) is 0 Å². The van der Waals surface area contributed by atoms with E-state index in [0.717, 1.165) is 52.3 Å². The fourth-order valence-electron chi connectivity index (χ4n) is 3.85. The summed E-state index contributed by atoms with van der Waals surface area (Å²) >= 11 is 3.49. The van der Waals surface area contributed by atoms with Crippen molar-refractivity contribution in [2.75, 3.05) is 11.4 Å². The van der Waals surface area contributed by atoms with E-state index in [1.807, 2.05) is 30.5 Å². The third kappa shape index (κ3) is 2.77. The molecule has 4 nitrogen and oxygen atoms in total. The maximum atomic E-state index is 14.3. The fraction of sp³-hybridized carbons (Fsp3) is 0.200. The molecule has 1 aliphatic heterocycles. The maximum Gasteiger partial charge on any atom is 0.165 e. The zero-order valence-corrected chi connectivity index (χ0v) is 15.8. The Balaban J connectivity index is 1.62. The van der Waals surface area contributed by atoms with E-state index in [0.29, 0.717) is 5.56 Å². The molecular weight excluding hydrogens is 414 g/mol. The van der Waals surface area contributed by atoms with Gasteiger partial charge in [0.15, 0.2) is 5.65 Å². The van der Waals surface area contributed by atoms with Gasteiger partial charge in [0.2, 0.25) is 0 Å². The Bertz CT molecular complexity index is 1170. The van der Waals surface area contributed by atoms with Gasteiger partial charge in [0.1, 0.15) is 17.5 Å². The summed E-state index contributed by atoms with van der Waals surface area (Å²) in [5.74, 6) is -0.0585. The van der Waals surface area contributed by atoms with Crippen molar-refractivity contribution in [3.63, 3.8) is 0 Å². The molecule has 0 amide bonds. The van der Waals surface area contributed by atoms with E-state index in [2.05, 4.69) is 25.9 Å². The summed E-state index contributed by atoms with van der Waals surface area (Å²) in [6.45, 7) is 0.750. The molecule has 2 aromatic carbocycles. The van der Waals surface area contributed by atoms with Crippen molar-refractivity contribution in [2.45, 2.75) is 18.9 Å². The molecule has 7 heteroatoms. The smallest absolute Gasteiger partial charge is 0.165 e. The first-order valence-electron chi connectivity index (χ1n) is 8.76. The van der Waals surface area contributed by atoms with Crippen molar-refractivity contribution in [1.29, 1.82) is 0 Å². The van der Waals surface area contributed by atoms with Crippen LogP contribution in [-0.4, -0.2) is 21.1 Å². The van der Waals surface area contributed by atoms with Crippen LogP contribution in [0.25, 0.3) is 16.6 Å². The van der Waals surface area contributed by atoms with Gasteiger partial charge in [-0.2, -0.15) is 5.10 Å². The van der Waals surface area contributed by atoms with Crippen molar-refractivity contribution in [1.82, 2.24) is 14.6 Å².